The van der Waals surface area contributed by atoms with Crippen LogP contribution in [-0.4, -0.2) is 13.1 Å². The molecule has 1 saturated carbocycles. The van der Waals surface area contributed by atoms with Crippen LogP contribution in [0.4, 0.5) is 10.1 Å². The van der Waals surface area contributed by atoms with E-state index in [0.29, 0.717) is 16.1 Å². The summed E-state index contributed by atoms with van der Waals surface area (Å²) in [7, 11) is 0. The van der Waals surface area contributed by atoms with Gasteiger partial charge in [0.15, 0.2) is 0 Å². The second-order valence-electron chi connectivity index (χ2n) is 7.18. The highest BCUT2D eigenvalue weighted by Gasteiger charge is 2.60. The Kier molecular flexibility index (Phi) is 2.87. The first-order valence-corrected chi connectivity index (χ1v) is 7.37. The number of fused-ring (bicyclic) bond motifs is 1. The predicted molar refractivity (Wildman–Crippen MR) is 78.3 cm³/mol. The Morgan fingerprint density at radius 3 is 2.32 bits per heavy atom. The van der Waals surface area contributed by atoms with E-state index < -0.39 is 0 Å². The minimum Gasteiger partial charge on any atom is -0.369 e. The molecular formula is C16H21ClFN. The highest BCUT2D eigenvalue weighted by Crippen LogP contribution is 2.60. The van der Waals surface area contributed by atoms with Crippen molar-refractivity contribution in [3.8, 4) is 0 Å². The Morgan fingerprint density at radius 1 is 1.21 bits per heavy atom. The van der Waals surface area contributed by atoms with Gasteiger partial charge in [-0.05, 0) is 47.8 Å². The molecule has 104 valence electrons. The van der Waals surface area contributed by atoms with E-state index in [1.165, 1.54) is 0 Å². The molecule has 0 spiro atoms. The molecule has 1 aromatic carbocycles. The third-order valence-electron chi connectivity index (χ3n) is 4.76. The maximum atomic E-state index is 14.1. The fraction of sp³-hybridized carbons (Fsp3) is 0.625. The molecule has 1 nitrogen and oxygen atoms in total. The first-order valence-electron chi connectivity index (χ1n) is 6.99. The molecule has 1 aliphatic heterocycles. The summed E-state index contributed by atoms with van der Waals surface area (Å²) in [5.74, 6) is 2.13. The van der Waals surface area contributed by atoms with Crippen LogP contribution in [0.1, 0.15) is 26.3 Å². The van der Waals surface area contributed by atoms with Crippen molar-refractivity contribution in [2.24, 2.45) is 23.2 Å². The Balaban J connectivity index is 1.77. The molecular weight excluding hydrogens is 261 g/mol. The van der Waals surface area contributed by atoms with Crippen LogP contribution in [0.15, 0.2) is 12.1 Å². The Bertz CT molecular complexity index is 508. The molecule has 0 radical (unpaired) electrons. The maximum Gasteiger partial charge on any atom is 0.146 e. The molecule has 3 rings (SSSR count). The topological polar surface area (TPSA) is 3.24 Å². The van der Waals surface area contributed by atoms with Crippen LogP contribution in [0, 0.1) is 35.9 Å². The molecule has 0 N–H and O–H groups in total. The third kappa shape index (κ3) is 2.14. The predicted octanol–water partition coefficient (Wildman–Crippen LogP) is 4.52. The van der Waals surface area contributed by atoms with Crippen LogP contribution in [0.3, 0.4) is 0 Å². The summed E-state index contributed by atoms with van der Waals surface area (Å²) in [5, 5.41) is 0.657. The van der Waals surface area contributed by atoms with Crippen LogP contribution in [0.5, 0.6) is 0 Å². The van der Waals surface area contributed by atoms with Gasteiger partial charge in [0.05, 0.1) is 5.69 Å². The zero-order valence-electron chi connectivity index (χ0n) is 12.0. The van der Waals surface area contributed by atoms with Crippen LogP contribution in [0.2, 0.25) is 5.02 Å². The summed E-state index contributed by atoms with van der Waals surface area (Å²) in [6, 6.07) is 3.33. The molecule has 2 fully saturated rings. The van der Waals surface area contributed by atoms with Crippen LogP contribution >= 0.6 is 11.6 Å². The fourth-order valence-electron chi connectivity index (χ4n) is 3.89. The molecule has 1 aliphatic carbocycles. The lowest BCUT2D eigenvalue weighted by Crippen LogP contribution is -2.28. The standard InChI is InChI=1S/C16H21ClFN/c1-9-5-13(18)14(6-12(9)17)19-7-10-11(8-19)15(10)16(2,3)4/h5-6,10-11,15H,7-8H2,1-4H3. The minimum atomic E-state index is -0.143. The Hall–Kier alpha value is -0.760. The van der Waals surface area contributed by atoms with E-state index >= 15 is 0 Å². The number of aryl methyl sites for hydroxylation is 1. The summed E-state index contributed by atoms with van der Waals surface area (Å²) in [5.41, 5.74) is 1.86. The van der Waals surface area contributed by atoms with Crippen molar-refractivity contribution in [1.29, 1.82) is 0 Å². The van der Waals surface area contributed by atoms with Gasteiger partial charge in [-0.2, -0.15) is 0 Å². The lowest BCUT2D eigenvalue weighted by atomic mass is 9.87. The smallest absolute Gasteiger partial charge is 0.146 e. The van der Waals surface area contributed by atoms with Crippen molar-refractivity contribution in [2.75, 3.05) is 18.0 Å². The SMILES string of the molecule is Cc1cc(F)c(N2CC3C(C2)C3C(C)(C)C)cc1Cl. The van der Waals surface area contributed by atoms with Crippen molar-refractivity contribution >= 4 is 17.3 Å². The van der Waals surface area contributed by atoms with Gasteiger partial charge in [-0.1, -0.05) is 32.4 Å². The van der Waals surface area contributed by atoms with Crippen molar-refractivity contribution < 1.29 is 4.39 Å². The molecule has 0 amide bonds. The van der Waals surface area contributed by atoms with E-state index in [1.807, 2.05) is 6.92 Å². The van der Waals surface area contributed by atoms with Crippen LogP contribution < -0.4 is 4.90 Å². The normalized spacial score (nSPS) is 29.6. The number of piperidine rings is 1. The third-order valence-corrected chi connectivity index (χ3v) is 5.17. The van der Waals surface area contributed by atoms with E-state index in [2.05, 4.69) is 25.7 Å². The number of nitrogens with zero attached hydrogens (tertiary/aromatic N) is 1. The monoisotopic (exact) mass is 281 g/mol. The van der Waals surface area contributed by atoms with E-state index in [1.54, 1.807) is 12.1 Å². The summed E-state index contributed by atoms with van der Waals surface area (Å²) in [6.07, 6.45) is 0. The molecule has 1 aromatic rings. The quantitative estimate of drug-likeness (QED) is 0.732. The number of hydrogen-bond donors (Lipinski definition) is 0. The van der Waals surface area contributed by atoms with E-state index in [4.69, 9.17) is 11.6 Å². The van der Waals surface area contributed by atoms with Gasteiger partial charge in [0.25, 0.3) is 0 Å². The Labute approximate surface area is 119 Å². The van der Waals surface area contributed by atoms with Gasteiger partial charge in [0.2, 0.25) is 0 Å². The molecule has 2 atom stereocenters. The lowest BCUT2D eigenvalue weighted by Gasteiger charge is -2.27. The van der Waals surface area contributed by atoms with Gasteiger partial charge in [-0.15, -0.1) is 0 Å². The fourth-order valence-corrected chi connectivity index (χ4v) is 4.04. The summed E-state index contributed by atoms with van der Waals surface area (Å²) >= 11 is 6.12. The van der Waals surface area contributed by atoms with E-state index in [-0.39, 0.29) is 5.82 Å². The summed E-state index contributed by atoms with van der Waals surface area (Å²) in [4.78, 5) is 2.16. The van der Waals surface area contributed by atoms with Crippen molar-refractivity contribution in [3.05, 3.63) is 28.5 Å². The lowest BCUT2D eigenvalue weighted by molar-refractivity contribution is 0.309. The second-order valence-corrected chi connectivity index (χ2v) is 7.58. The minimum absolute atomic E-state index is 0.143. The van der Waals surface area contributed by atoms with Crippen molar-refractivity contribution in [3.63, 3.8) is 0 Å². The van der Waals surface area contributed by atoms with E-state index in [9.17, 15) is 4.39 Å². The summed E-state index contributed by atoms with van der Waals surface area (Å²) in [6.45, 7) is 10.7. The Morgan fingerprint density at radius 2 is 1.79 bits per heavy atom. The zero-order valence-corrected chi connectivity index (χ0v) is 12.8. The van der Waals surface area contributed by atoms with Crippen LogP contribution in [0.25, 0.3) is 0 Å². The first-order chi connectivity index (χ1) is 8.79. The van der Waals surface area contributed by atoms with Crippen molar-refractivity contribution in [1.82, 2.24) is 0 Å². The average Bonchev–Trinajstić information content (AvgIpc) is 2.82. The van der Waals surface area contributed by atoms with Gasteiger partial charge >= 0.3 is 0 Å². The van der Waals surface area contributed by atoms with Crippen molar-refractivity contribution in [2.45, 2.75) is 27.7 Å². The van der Waals surface area contributed by atoms with E-state index in [0.717, 1.165) is 36.4 Å². The molecule has 2 unspecified atom stereocenters. The molecule has 19 heavy (non-hydrogen) atoms. The highest BCUT2D eigenvalue weighted by molar-refractivity contribution is 6.31. The molecule has 2 aliphatic rings. The van der Waals surface area contributed by atoms with Gasteiger partial charge in [-0.3, -0.25) is 0 Å². The summed E-state index contributed by atoms with van der Waals surface area (Å²) < 4.78 is 14.1. The molecule has 1 heterocycles. The maximum absolute atomic E-state index is 14.1. The molecule has 1 saturated heterocycles. The number of rotatable bonds is 1. The average molecular weight is 282 g/mol. The number of halogens is 2. The molecule has 0 aromatic heterocycles. The number of hydrogen-bond acceptors (Lipinski definition) is 1. The van der Waals surface area contributed by atoms with Crippen LogP contribution in [-0.2, 0) is 0 Å². The molecule has 3 heteroatoms. The second kappa shape index (κ2) is 4.12. The molecule has 0 bridgehead atoms. The largest absolute Gasteiger partial charge is 0.369 e. The zero-order chi connectivity index (χ0) is 13.9. The van der Waals surface area contributed by atoms with Gasteiger partial charge in [-0.25, -0.2) is 4.39 Å². The van der Waals surface area contributed by atoms with Gasteiger partial charge in [0.1, 0.15) is 5.82 Å². The number of anilines is 1. The van der Waals surface area contributed by atoms with Gasteiger partial charge in [0, 0.05) is 18.1 Å². The first kappa shape index (κ1) is 13.2. The number of benzene rings is 1. The highest BCUT2D eigenvalue weighted by atomic mass is 35.5. The van der Waals surface area contributed by atoms with Gasteiger partial charge < -0.3 is 4.90 Å².